The highest BCUT2D eigenvalue weighted by molar-refractivity contribution is 4.76. The summed E-state index contributed by atoms with van der Waals surface area (Å²) < 4.78 is 0. The molecular formula is C10H23N3. The van der Waals surface area contributed by atoms with Gasteiger partial charge in [0.15, 0.2) is 0 Å². The van der Waals surface area contributed by atoms with Crippen LogP contribution in [0.5, 0.6) is 0 Å². The van der Waals surface area contributed by atoms with Crippen LogP contribution in [0, 0.1) is 0 Å². The molecule has 1 aliphatic heterocycles. The molecular weight excluding hydrogens is 162 g/mol. The fourth-order valence-electron chi connectivity index (χ4n) is 2.02. The van der Waals surface area contributed by atoms with Crippen LogP contribution in [0.1, 0.15) is 19.8 Å². The van der Waals surface area contributed by atoms with Gasteiger partial charge in [0.2, 0.25) is 0 Å². The van der Waals surface area contributed by atoms with E-state index in [1.54, 1.807) is 0 Å². The first-order chi connectivity index (χ1) is 6.27. The third kappa shape index (κ3) is 3.25. The van der Waals surface area contributed by atoms with Gasteiger partial charge in [-0.1, -0.05) is 6.92 Å². The van der Waals surface area contributed by atoms with Gasteiger partial charge in [0.25, 0.3) is 0 Å². The summed E-state index contributed by atoms with van der Waals surface area (Å²) in [5.74, 6) is 0. The van der Waals surface area contributed by atoms with Crippen molar-refractivity contribution in [3.8, 4) is 0 Å². The molecule has 1 rings (SSSR count). The zero-order chi connectivity index (χ0) is 9.68. The van der Waals surface area contributed by atoms with Crippen LogP contribution < -0.4 is 5.73 Å². The molecule has 0 saturated carbocycles. The molecule has 0 aromatic heterocycles. The molecule has 3 heteroatoms. The Hall–Kier alpha value is -0.120. The van der Waals surface area contributed by atoms with E-state index in [2.05, 4.69) is 23.8 Å². The molecule has 1 saturated heterocycles. The minimum Gasteiger partial charge on any atom is -0.330 e. The summed E-state index contributed by atoms with van der Waals surface area (Å²) in [6.45, 7) is 7.94. The molecule has 0 bridgehead atoms. The average molecular weight is 185 g/mol. The molecule has 2 N–H and O–H groups in total. The Bertz CT molecular complexity index is 130. The monoisotopic (exact) mass is 185 g/mol. The smallest absolute Gasteiger partial charge is 0.0113 e. The van der Waals surface area contributed by atoms with Crippen LogP contribution >= 0.6 is 0 Å². The first kappa shape index (κ1) is 11.0. The Morgan fingerprint density at radius 1 is 1.23 bits per heavy atom. The van der Waals surface area contributed by atoms with Gasteiger partial charge in [-0.25, -0.2) is 0 Å². The fraction of sp³-hybridized carbons (Fsp3) is 1.00. The first-order valence-corrected chi connectivity index (χ1v) is 5.40. The van der Waals surface area contributed by atoms with Crippen molar-refractivity contribution in [3.05, 3.63) is 0 Å². The van der Waals surface area contributed by atoms with Gasteiger partial charge in [-0.3, -0.25) is 4.90 Å². The SMILES string of the molecule is CCC(CCN)N1CCN(C)CC1. The molecule has 13 heavy (non-hydrogen) atoms. The lowest BCUT2D eigenvalue weighted by Crippen LogP contribution is -2.49. The Morgan fingerprint density at radius 3 is 2.31 bits per heavy atom. The van der Waals surface area contributed by atoms with Crippen molar-refractivity contribution in [3.63, 3.8) is 0 Å². The molecule has 0 aromatic rings. The summed E-state index contributed by atoms with van der Waals surface area (Å²) in [5, 5.41) is 0. The third-order valence-corrected chi connectivity index (χ3v) is 3.03. The molecule has 1 heterocycles. The number of rotatable bonds is 4. The normalized spacial score (nSPS) is 23.3. The molecule has 0 aromatic carbocycles. The summed E-state index contributed by atoms with van der Waals surface area (Å²) in [6, 6.07) is 0.721. The second kappa shape index (κ2) is 5.58. The third-order valence-electron chi connectivity index (χ3n) is 3.03. The van der Waals surface area contributed by atoms with Crippen molar-refractivity contribution in [2.45, 2.75) is 25.8 Å². The Kier molecular flexibility index (Phi) is 4.70. The lowest BCUT2D eigenvalue weighted by molar-refractivity contribution is 0.105. The van der Waals surface area contributed by atoms with E-state index in [-0.39, 0.29) is 0 Å². The Morgan fingerprint density at radius 2 is 1.85 bits per heavy atom. The van der Waals surface area contributed by atoms with Crippen LogP contribution in [-0.4, -0.2) is 55.6 Å². The van der Waals surface area contributed by atoms with Gasteiger partial charge in [0, 0.05) is 32.2 Å². The predicted octanol–water partition coefficient (Wildman–Crippen LogP) is 0.361. The van der Waals surface area contributed by atoms with Crippen LogP contribution in [0.3, 0.4) is 0 Å². The van der Waals surface area contributed by atoms with Gasteiger partial charge in [-0.2, -0.15) is 0 Å². The minimum atomic E-state index is 0.721. The summed E-state index contributed by atoms with van der Waals surface area (Å²) in [6.07, 6.45) is 2.39. The molecule has 0 spiro atoms. The molecule has 1 aliphatic rings. The van der Waals surface area contributed by atoms with E-state index in [1.807, 2.05) is 0 Å². The van der Waals surface area contributed by atoms with Crippen molar-refractivity contribution in [1.29, 1.82) is 0 Å². The standard InChI is InChI=1S/C10H23N3/c1-3-10(4-5-11)13-8-6-12(2)7-9-13/h10H,3-9,11H2,1-2H3. The average Bonchev–Trinajstić information content (AvgIpc) is 2.16. The molecule has 0 amide bonds. The summed E-state index contributed by atoms with van der Waals surface area (Å²) in [4.78, 5) is 4.98. The topological polar surface area (TPSA) is 32.5 Å². The second-order valence-electron chi connectivity index (χ2n) is 3.98. The highest BCUT2D eigenvalue weighted by Gasteiger charge is 2.19. The summed E-state index contributed by atoms with van der Waals surface area (Å²) in [5.41, 5.74) is 5.60. The first-order valence-electron chi connectivity index (χ1n) is 5.40. The van der Waals surface area contributed by atoms with Crippen molar-refractivity contribution >= 4 is 0 Å². The van der Waals surface area contributed by atoms with E-state index in [4.69, 9.17) is 5.73 Å². The molecule has 1 fully saturated rings. The van der Waals surface area contributed by atoms with E-state index in [1.165, 1.54) is 32.6 Å². The highest BCUT2D eigenvalue weighted by Crippen LogP contribution is 2.10. The van der Waals surface area contributed by atoms with Crippen molar-refractivity contribution < 1.29 is 0 Å². The van der Waals surface area contributed by atoms with Crippen LogP contribution in [0.15, 0.2) is 0 Å². The van der Waals surface area contributed by atoms with Crippen LogP contribution in [-0.2, 0) is 0 Å². The predicted molar refractivity (Wildman–Crippen MR) is 56.8 cm³/mol. The van der Waals surface area contributed by atoms with Gasteiger partial charge in [-0.15, -0.1) is 0 Å². The van der Waals surface area contributed by atoms with Gasteiger partial charge in [-0.05, 0) is 26.4 Å². The minimum absolute atomic E-state index is 0.721. The van der Waals surface area contributed by atoms with E-state index in [9.17, 15) is 0 Å². The summed E-state index contributed by atoms with van der Waals surface area (Å²) in [7, 11) is 2.20. The van der Waals surface area contributed by atoms with Crippen molar-refractivity contribution in [1.82, 2.24) is 9.80 Å². The van der Waals surface area contributed by atoms with E-state index in [0.29, 0.717) is 0 Å². The maximum atomic E-state index is 5.60. The van der Waals surface area contributed by atoms with E-state index in [0.717, 1.165) is 19.0 Å². The van der Waals surface area contributed by atoms with Crippen molar-refractivity contribution in [2.75, 3.05) is 39.8 Å². The lowest BCUT2D eigenvalue weighted by atomic mass is 10.1. The van der Waals surface area contributed by atoms with Gasteiger partial charge in [0.1, 0.15) is 0 Å². The quantitative estimate of drug-likeness (QED) is 0.686. The molecule has 0 aliphatic carbocycles. The van der Waals surface area contributed by atoms with Crippen LogP contribution in [0.25, 0.3) is 0 Å². The molecule has 1 atom stereocenters. The molecule has 3 nitrogen and oxygen atoms in total. The number of nitrogens with zero attached hydrogens (tertiary/aromatic N) is 2. The van der Waals surface area contributed by atoms with Crippen LogP contribution in [0.4, 0.5) is 0 Å². The zero-order valence-electron chi connectivity index (χ0n) is 9.00. The largest absolute Gasteiger partial charge is 0.330 e. The second-order valence-corrected chi connectivity index (χ2v) is 3.98. The number of piperazine rings is 1. The Balaban J connectivity index is 2.32. The van der Waals surface area contributed by atoms with Gasteiger partial charge in [0.05, 0.1) is 0 Å². The lowest BCUT2D eigenvalue weighted by Gasteiger charge is -2.37. The summed E-state index contributed by atoms with van der Waals surface area (Å²) >= 11 is 0. The number of nitrogens with two attached hydrogens (primary N) is 1. The van der Waals surface area contributed by atoms with Crippen LogP contribution in [0.2, 0.25) is 0 Å². The highest BCUT2D eigenvalue weighted by atomic mass is 15.3. The van der Waals surface area contributed by atoms with Gasteiger partial charge >= 0.3 is 0 Å². The fourth-order valence-corrected chi connectivity index (χ4v) is 2.02. The molecule has 1 unspecified atom stereocenters. The number of hydrogen-bond donors (Lipinski definition) is 1. The van der Waals surface area contributed by atoms with E-state index >= 15 is 0 Å². The van der Waals surface area contributed by atoms with Crippen molar-refractivity contribution in [2.24, 2.45) is 5.73 Å². The molecule has 78 valence electrons. The number of likely N-dealkylation sites (N-methyl/N-ethyl adjacent to an activating group) is 1. The van der Waals surface area contributed by atoms with Gasteiger partial charge < -0.3 is 10.6 Å². The maximum Gasteiger partial charge on any atom is 0.0113 e. The Labute approximate surface area is 81.9 Å². The van der Waals surface area contributed by atoms with E-state index < -0.39 is 0 Å². The molecule has 0 radical (unpaired) electrons. The maximum absolute atomic E-state index is 5.60. The zero-order valence-corrected chi connectivity index (χ0v) is 9.00. The number of hydrogen-bond acceptors (Lipinski definition) is 3.